The van der Waals surface area contributed by atoms with Crippen LogP contribution in [-0.4, -0.2) is 75.2 Å². The van der Waals surface area contributed by atoms with Gasteiger partial charge in [0.25, 0.3) is 0 Å². The molecular formula is C6H13NO13S3. The SMILES string of the molecule is O=S(=O)(O)NC1C(O)OC(COS(=O)(=O)O)C[C@@H]1OS(=O)(=O)O. The first-order valence-corrected chi connectivity index (χ1v) is 9.69. The maximum absolute atomic E-state index is 10.8. The number of hydrogen-bond acceptors (Lipinski definition) is 10. The number of aliphatic hydroxyl groups is 1. The Kier molecular flexibility index (Phi) is 6.43. The summed E-state index contributed by atoms with van der Waals surface area (Å²) in [4.78, 5) is 0. The topological polar surface area (TPSA) is 223 Å². The van der Waals surface area contributed by atoms with Crippen LogP contribution in [0.4, 0.5) is 0 Å². The third-order valence-electron chi connectivity index (χ3n) is 2.47. The number of rotatable bonds is 7. The molecule has 14 nitrogen and oxygen atoms in total. The highest BCUT2D eigenvalue weighted by Crippen LogP contribution is 2.24. The molecule has 5 N–H and O–H groups in total. The van der Waals surface area contributed by atoms with Crippen LogP contribution in [0.25, 0.3) is 0 Å². The van der Waals surface area contributed by atoms with Crippen LogP contribution in [0.1, 0.15) is 6.42 Å². The van der Waals surface area contributed by atoms with Crippen molar-refractivity contribution >= 4 is 31.1 Å². The van der Waals surface area contributed by atoms with Crippen molar-refractivity contribution in [1.29, 1.82) is 0 Å². The summed E-state index contributed by atoms with van der Waals surface area (Å²) in [6, 6.07) is -1.85. The van der Waals surface area contributed by atoms with Gasteiger partial charge in [0, 0.05) is 6.42 Å². The fourth-order valence-corrected chi connectivity index (χ4v) is 3.20. The van der Waals surface area contributed by atoms with E-state index >= 15 is 0 Å². The predicted octanol–water partition coefficient (Wildman–Crippen LogP) is -3.14. The Bertz CT molecular complexity index is 711. The van der Waals surface area contributed by atoms with Crippen molar-refractivity contribution in [3.63, 3.8) is 0 Å². The highest BCUT2D eigenvalue weighted by molar-refractivity contribution is 7.83. The lowest BCUT2D eigenvalue weighted by Gasteiger charge is -2.37. The van der Waals surface area contributed by atoms with Crippen LogP contribution >= 0.6 is 0 Å². The number of nitrogens with one attached hydrogen (secondary N) is 1. The first-order valence-electron chi connectivity index (χ1n) is 5.52. The first kappa shape index (κ1) is 20.6. The summed E-state index contributed by atoms with van der Waals surface area (Å²) in [6.07, 6.45) is -5.85. The smallest absolute Gasteiger partial charge is 0.366 e. The fraction of sp³-hybridized carbons (Fsp3) is 1.00. The summed E-state index contributed by atoms with van der Waals surface area (Å²) in [5.41, 5.74) is 0. The van der Waals surface area contributed by atoms with Gasteiger partial charge in [0.2, 0.25) is 0 Å². The van der Waals surface area contributed by atoms with Gasteiger partial charge in [0.05, 0.1) is 12.7 Å². The van der Waals surface area contributed by atoms with Gasteiger partial charge < -0.3 is 9.84 Å². The van der Waals surface area contributed by atoms with Crippen molar-refractivity contribution in [2.45, 2.75) is 31.0 Å². The van der Waals surface area contributed by atoms with Crippen molar-refractivity contribution in [3.05, 3.63) is 0 Å². The molecule has 0 saturated carbocycles. The van der Waals surface area contributed by atoms with E-state index in [1.807, 2.05) is 0 Å². The third-order valence-corrected chi connectivity index (χ3v) is 3.96. The van der Waals surface area contributed by atoms with E-state index in [1.54, 1.807) is 0 Å². The van der Waals surface area contributed by atoms with Crippen LogP contribution < -0.4 is 4.72 Å². The zero-order valence-corrected chi connectivity index (χ0v) is 13.4. The molecule has 0 aromatic carbocycles. The Labute approximate surface area is 131 Å². The van der Waals surface area contributed by atoms with Gasteiger partial charge in [-0.2, -0.15) is 30.0 Å². The lowest BCUT2D eigenvalue weighted by molar-refractivity contribution is -0.205. The monoisotopic (exact) mass is 403 g/mol. The van der Waals surface area contributed by atoms with E-state index in [0.29, 0.717) is 0 Å². The van der Waals surface area contributed by atoms with Crippen LogP contribution in [0.15, 0.2) is 0 Å². The van der Waals surface area contributed by atoms with Crippen LogP contribution in [0, 0.1) is 0 Å². The Morgan fingerprint density at radius 1 is 1.04 bits per heavy atom. The quantitative estimate of drug-likeness (QED) is 0.265. The van der Waals surface area contributed by atoms with Gasteiger partial charge in [0.15, 0.2) is 6.29 Å². The molecular weight excluding hydrogens is 390 g/mol. The molecule has 0 amide bonds. The van der Waals surface area contributed by atoms with E-state index in [1.165, 1.54) is 4.72 Å². The first-order chi connectivity index (χ1) is 10.2. The highest BCUT2D eigenvalue weighted by atomic mass is 32.3. The normalized spacial score (nSPS) is 30.3. The largest absolute Gasteiger partial charge is 0.397 e. The Morgan fingerprint density at radius 3 is 2.04 bits per heavy atom. The molecule has 23 heavy (non-hydrogen) atoms. The molecule has 0 spiro atoms. The number of ether oxygens (including phenoxy) is 1. The van der Waals surface area contributed by atoms with Crippen molar-refractivity contribution in [2.24, 2.45) is 0 Å². The summed E-state index contributed by atoms with van der Waals surface area (Å²) in [7, 11) is -14.9. The molecule has 138 valence electrons. The van der Waals surface area contributed by atoms with Gasteiger partial charge in [-0.05, 0) is 0 Å². The van der Waals surface area contributed by atoms with Crippen LogP contribution in [0.2, 0.25) is 0 Å². The van der Waals surface area contributed by atoms with Crippen molar-refractivity contribution in [2.75, 3.05) is 6.61 Å². The van der Waals surface area contributed by atoms with Crippen molar-refractivity contribution < 1.29 is 57.1 Å². The summed E-state index contributed by atoms with van der Waals surface area (Å²) in [6.45, 7) is -0.875. The zero-order valence-electron chi connectivity index (χ0n) is 10.9. The maximum atomic E-state index is 10.8. The fourth-order valence-electron chi connectivity index (χ4n) is 1.76. The Hall–Kier alpha value is -0.470. The minimum absolute atomic E-state index is 0.598. The molecule has 3 unspecified atom stereocenters. The molecule has 17 heteroatoms. The molecule has 0 aromatic rings. The van der Waals surface area contributed by atoms with E-state index in [4.69, 9.17) is 18.4 Å². The Balaban J connectivity index is 2.93. The second-order valence-electron chi connectivity index (χ2n) is 4.28. The molecule has 1 saturated heterocycles. The lowest BCUT2D eigenvalue weighted by atomic mass is 10.0. The molecule has 0 aliphatic carbocycles. The van der Waals surface area contributed by atoms with Crippen LogP contribution in [-0.2, 0) is 44.2 Å². The van der Waals surface area contributed by atoms with Crippen molar-refractivity contribution in [1.82, 2.24) is 4.72 Å². The van der Waals surface area contributed by atoms with Gasteiger partial charge in [-0.15, -0.1) is 0 Å². The van der Waals surface area contributed by atoms with E-state index in [9.17, 15) is 30.4 Å². The molecule has 1 heterocycles. The zero-order chi connectivity index (χ0) is 18.1. The van der Waals surface area contributed by atoms with Gasteiger partial charge in [0.1, 0.15) is 12.1 Å². The molecule has 1 rings (SSSR count). The van der Waals surface area contributed by atoms with E-state index in [2.05, 4.69) is 8.37 Å². The lowest BCUT2D eigenvalue weighted by Crippen LogP contribution is -2.58. The Morgan fingerprint density at radius 2 is 1.61 bits per heavy atom. The molecule has 1 aliphatic rings. The highest BCUT2D eigenvalue weighted by Gasteiger charge is 2.43. The average Bonchev–Trinajstić information content (AvgIpc) is 2.27. The third kappa shape index (κ3) is 8.26. The van der Waals surface area contributed by atoms with E-state index < -0.39 is 68.7 Å². The molecule has 4 atom stereocenters. The number of aliphatic hydroxyl groups excluding tert-OH is 1. The molecule has 1 fully saturated rings. The summed E-state index contributed by atoms with van der Waals surface area (Å²) in [5, 5.41) is 9.62. The summed E-state index contributed by atoms with van der Waals surface area (Å²) < 4.78 is 104. The average molecular weight is 403 g/mol. The number of hydrogen-bond donors (Lipinski definition) is 5. The molecule has 0 bridgehead atoms. The van der Waals surface area contributed by atoms with Gasteiger partial charge in [-0.25, -0.2) is 8.37 Å². The summed E-state index contributed by atoms with van der Waals surface area (Å²) in [5.74, 6) is 0. The summed E-state index contributed by atoms with van der Waals surface area (Å²) >= 11 is 0. The van der Waals surface area contributed by atoms with Crippen LogP contribution in [0.3, 0.4) is 0 Å². The second-order valence-corrected chi connectivity index (χ2v) is 7.60. The predicted molar refractivity (Wildman–Crippen MR) is 67.9 cm³/mol. The standard InChI is InChI=1S/C6H13NO13S3/c8-6-5(7-21(9,10)11)4(20-23(15,16)17)1-3(19-6)2-18-22(12,13)14/h3-8H,1-2H2,(H,9,10,11)(H,12,13,14)(H,15,16,17)/t3?,4-,5?,6?/m0/s1. The molecule has 0 radical (unpaired) electrons. The second kappa shape index (κ2) is 7.19. The van der Waals surface area contributed by atoms with Gasteiger partial charge >= 0.3 is 31.1 Å². The molecule has 0 aromatic heterocycles. The van der Waals surface area contributed by atoms with Gasteiger partial charge in [-0.3, -0.25) is 13.7 Å². The van der Waals surface area contributed by atoms with E-state index in [-0.39, 0.29) is 0 Å². The minimum atomic E-state index is -5.09. The van der Waals surface area contributed by atoms with Crippen LogP contribution in [0.5, 0.6) is 0 Å². The minimum Gasteiger partial charge on any atom is -0.366 e. The van der Waals surface area contributed by atoms with E-state index in [0.717, 1.165) is 0 Å². The maximum Gasteiger partial charge on any atom is 0.397 e. The van der Waals surface area contributed by atoms with Crippen molar-refractivity contribution in [3.8, 4) is 0 Å². The molecule has 1 aliphatic heterocycles. The van der Waals surface area contributed by atoms with Gasteiger partial charge in [-0.1, -0.05) is 0 Å².